The second-order valence-electron chi connectivity index (χ2n) is 5.25. The van der Waals surface area contributed by atoms with Crippen LogP contribution in [0.4, 0.5) is 0 Å². The lowest BCUT2D eigenvalue weighted by atomic mass is 10.1. The van der Waals surface area contributed by atoms with E-state index in [9.17, 15) is 0 Å². The van der Waals surface area contributed by atoms with Crippen molar-refractivity contribution >= 4 is 11.3 Å². The van der Waals surface area contributed by atoms with E-state index in [-0.39, 0.29) is 0 Å². The molecule has 0 spiro atoms. The minimum absolute atomic E-state index is 0.729. The van der Waals surface area contributed by atoms with Gasteiger partial charge < -0.3 is 14.8 Å². The maximum Gasteiger partial charge on any atom is 0.169 e. The van der Waals surface area contributed by atoms with E-state index in [0.717, 1.165) is 40.0 Å². The number of hydrogen-bond donors (Lipinski definition) is 1. The highest BCUT2D eigenvalue weighted by atomic mass is 32.1. The van der Waals surface area contributed by atoms with E-state index in [1.54, 1.807) is 25.6 Å². The largest absolute Gasteiger partial charge is 0.493 e. The molecule has 3 aromatic rings. The molecule has 0 aliphatic heterocycles. The highest BCUT2D eigenvalue weighted by molar-refractivity contribution is 7.15. The van der Waals surface area contributed by atoms with Crippen LogP contribution >= 0.6 is 11.3 Å². The van der Waals surface area contributed by atoms with Crippen LogP contribution in [0.25, 0.3) is 10.4 Å². The molecule has 3 rings (SSSR count). The molecule has 24 heavy (non-hydrogen) atoms. The molecule has 5 heteroatoms. The summed E-state index contributed by atoms with van der Waals surface area (Å²) in [5, 5.41) is 4.47. The van der Waals surface area contributed by atoms with Crippen molar-refractivity contribution in [3.8, 4) is 21.9 Å². The summed E-state index contributed by atoms with van der Waals surface area (Å²) in [7, 11) is 3.30. The Kier molecular flexibility index (Phi) is 5.46. The highest BCUT2D eigenvalue weighted by Crippen LogP contribution is 2.39. The number of methoxy groups -OCH3 is 2. The summed E-state index contributed by atoms with van der Waals surface area (Å²) in [6.45, 7) is 1.57. The molecule has 124 valence electrons. The van der Waals surface area contributed by atoms with E-state index < -0.39 is 0 Å². The predicted octanol–water partition coefficient (Wildman–Crippen LogP) is 4.12. The van der Waals surface area contributed by atoms with Gasteiger partial charge in [0.05, 0.1) is 19.1 Å². The third-order valence-corrected chi connectivity index (χ3v) is 4.70. The summed E-state index contributed by atoms with van der Waals surface area (Å²) in [5.74, 6) is 1.47. The number of rotatable bonds is 7. The van der Waals surface area contributed by atoms with Crippen molar-refractivity contribution in [3.63, 3.8) is 0 Å². The van der Waals surface area contributed by atoms with Gasteiger partial charge in [0.15, 0.2) is 11.5 Å². The van der Waals surface area contributed by atoms with E-state index >= 15 is 0 Å². The lowest BCUT2D eigenvalue weighted by Crippen LogP contribution is -2.12. The summed E-state index contributed by atoms with van der Waals surface area (Å²) in [6.07, 6.45) is 1.89. The van der Waals surface area contributed by atoms with Gasteiger partial charge in [-0.25, -0.2) is 4.98 Å². The molecule has 4 nitrogen and oxygen atoms in total. The van der Waals surface area contributed by atoms with Gasteiger partial charge in [-0.3, -0.25) is 0 Å². The van der Waals surface area contributed by atoms with Gasteiger partial charge in [-0.1, -0.05) is 36.4 Å². The van der Waals surface area contributed by atoms with Crippen molar-refractivity contribution < 1.29 is 9.47 Å². The Morgan fingerprint density at radius 3 is 2.54 bits per heavy atom. The molecule has 0 radical (unpaired) electrons. The normalized spacial score (nSPS) is 10.6. The minimum Gasteiger partial charge on any atom is -0.493 e. The molecular formula is C19H20N2O2S. The fraction of sp³-hybridized carbons (Fsp3) is 0.211. The Bertz CT molecular complexity index is 787. The number of ether oxygens (including phenoxy) is 2. The van der Waals surface area contributed by atoms with E-state index in [1.807, 2.05) is 42.6 Å². The Morgan fingerprint density at radius 1 is 0.958 bits per heavy atom. The van der Waals surface area contributed by atoms with Gasteiger partial charge in [-0.2, -0.15) is 0 Å². The zero-order chi connectivity index (χ0) is 16.8. The first-order valence-corrected chi connectivity index (χ1v) is 8.54. The lowest BCUT2D eigenvalue weighted by molar-refractivity contribution is 0.356. The van der Waals surface area contributed by atoms with Crippen molar-refractivity contribution in [1.82, 2.24) is 10.3 Å². The quantitative estimate of drug-likeness (QED) is 0.703. The Morgan fingerprint density at radius 2 is 1.79 bits per heavy atom. The maximum absolute atomic E-state index is 5.51. The zero-order valence-electron chi connectivity index (χ0n) is 13.8. The van der Waals surface area contributed by atoms with Crippen LogP contribution in [0.3, 0.4) is 0 Å². The topological polar surface area (TPSA) is 43.4 Å². The standard InChI is InChI=1S/C19H20N2O2S/c1-22-16-10-6-9-15(19(16)23-2)17-12-21-18(24-17)13-20-11-14-7-4-3-5-8-14/h3-10,12,20H,11,13H2,1-2H3. The minimum atomic E-state index is 0.729. The van der Waals surface area contributed by atoms with Gasteiger partial charge >= 0.3 is 0 Å². The van der Waals surface area contributed by atoms with E-state index in [2.05, 4.69) is 22.4 Å². The van der Waals surface area contributed by atoms with Crippen LogP contribution < -0.4 is 14.8 Å². The molecular weight excluding hydrogens is 320 g/mol. The van der Waals surface area contributed by atoms with Crippen molar-refractivity contribution in [2.75, 3.05) is 14.2 Å². The maximum atomic E-state index is 5.51. The van der Waals surface area contributed by atoms with E-state index in [1.165, 1.54) is 5.56 Å². The fourth-order valence-electron chi connectivity index (χ4n) is 2.51. The molecule has 0 unspecified atom stereocenters. The Hall–Kier alpha value is -2.37. The summed E-state index contributed by atoms with van der Waals surface area (Å²) in [5.41, 5.74) is 2.27. The SMILES string of the molecule is COc1cccc(-c2cnc(CNCc3ccccc3)s2)c1OC. The molecule has 0 amide bonds. The first-order valence-electron chi connectivity index (χ1n) is 7.72. The van der Waals surface area contributed by atoms with E-state index in [0.29, 0.717) is 0 Å². The average molecular weight is 340 g/mol. The van der Waals surface area contributed by atoms with Gasteiger partial charge in [0, 0.05) is 24.8 Å². The molecule has 1 heterocycles. The number of benzene rings is 2. The first-order chi connectivity index (χ1) is 11.8. The molecule has 0 aliphatic rings. The predicted molar refractivity (Wildman–Crippen MR) is 97.6 cm³/mol. The molecule has 0 fully saturated rings. The third-order valence-electron chi connectivity index (χ3n) is 3.67. The molecule has 2 aromatic carbocycles. The zero-order valence-corrected chi connectivity index (χ0v) is 14.6. The Balaban J connectivity index is 1.70. The molecule has 0 bridgehead atoms. The molecule has 0 aliphatic carbocycles. The van der Waals surface area contributed by atoms with Crippen LogP contribution in [0.5, 0.6) is 11.5 Å². The van der Waals surface area contributed by atoms with Crippen LogP contribution in [-0.4, -0.2) is 19.2 Å². The summed E-state index contributed by atoms with van der Waals surface area (Å²) in [4.78, 5) is 5.59. The van der Waals surface area contributed by atoms with Gasteiger partial charge in [0.2, 0.25) is 0 Å². The van der Waals surface area contributed by atoms with Crippen LogP contribution in [0, 0.1) is 0 Å². The van der Waals surface area contributed by atoms with Crippen LogP contribution in [0.2, 0.25) is 0 Å². The monoisotopic (exact) mass is 340 g/mol. The fourth-order valence-corrected chi connectivity index (χ4v) is 3.42. The molecule has 0 atom stereocenters. The van der Waals surface area contributed by atoms with Crippen molar-refractivity contribution in [1.29, 1.82) is 0 Å². The van der Waals surface area contributed by atoms with Crippen molar-refractivity contribution in [2.24, 2.45) is 0 Å². The van der Waals surface area contributed by atoms with Crippen LogP contribution in [-0.2, 0) is 13.1 Å². The van der Waals surface area contributed by atoms with Crippen LogP contribution in [0.1, 0.15) is 10.6 Å². The summed E-state index contributed by atoms with van der Waals surface area (Å²) >= 11 is 1.66. The average Bonchev–Trinajstić information content (AvgIpc) is 3.10. The van der Waals surface area contributed by atoms with Crippen molar-refractivity contribution in [3.05, 3.63) is 65.3 Å². The molecule has 1 N–H and O–H groups in total. The molecule has 0 saturated heterocycles. The molecule has 0 saturated carbocycles. The summed E-state index contributed by atoms with van der Waals surface area (Å²) < 4.78 is 10.9. The Labute approximate surface area is 146 Å². The van der Waals surface area contributed by atoms with Gasteiger partial charge in [-0.05, 0) is 17.7 Å². The third kappa shape index (κ3) is 3.75. The van der Waals surface area contributed by atoms with Crippen LogP contribution in [0.15, 0.2) is 54.7 Å². The van der Waals surface area contributed by atoms with Gasteiger partial charge in [0.1, 0.15) is 5.01 Å². The smallest absolute Gasteiger partial charge is 0.169 e. The number of nitrogens with zero attached hydrogens (tertiary/aromatic N) is 1. The number of nitrogens with one attached hydrogen (secondary N) is 1. The second-order valence-corrected chi connectivity index (χ2v) is 6.36. The van der Waals surface area contributed by atoms with Crippen molar-refractivity contribution in [2.45, 2.75) is 13.1 Å². The first kappa shape index (κ1) is 16.5. The highest BCUT2D eigenvalue weighted by Gasteiger charge is 2.13. The number of para-hydroxylation sites is 1. The van der Waals surface area contributed by atoms with Gasteiger partial charge in [0.25, 0.3) is 0 Å². The number of thiazole rings is 1. The second kappa shape index (κ2) is 7.95. The number of hydrogen-bond acceptors (Lipinski definition) is 5. The van der Waals surface area contributed by atoms with E-state index in [4.69, 9.17) is 9.47 Å². The summed E-state index contributed by atoms with van der Waals surface area (Å²) in [6, 6.07) is 16.2. The lowest BCUT2D eigenvalue weighted by Gasteiger charge is -2.10. The number of aromatic nitrogens is 1. The van der Waals surface area contributed by atoms with Gasteiger partial charge in [-0.15, -0.1) is 11.3 Å². The molecule has 1 aromatic heterocycles.